The molecule has 12 rings (SSSR count). The summed E-state index contributed by atoms with van der Waals surface area (Å²) >= 11 is 0. The minimum atomic E-state index is 0.497. The van der Waals surface area contributed by atoms with Crippen LogP contribution in [0.15, 0.2) is 177 Å². The van der Waals surface area contributed by atoms with Gasteiger partial charge in [0.1, 0.15) is 33.5 Å². The summed E-state index contributed by atoms with van der Waals surface area (Å²) in [5, 5.41) is 8.06. The molecule has 0 saturated heterocycles. The van der Waals surface area contributed by atoms with Crippen molar-refractivity contribution >= 4 is 76.6 Å². The highest BCUT2D eigenvalue weighted by Gasteiger charge is 2.24. The Labute approximate surface area is 312 Å². The monoisotopic (exact) mass is 705 g/mol. The van der Waals surface area contributed by atoms with Gasteiger partial charge in [-0.05, 0) is 52.9 Å². The van der Waals surface area contributed by atoms with E-state index in [0.717, 1.165) is 104 Å². The largest absolute Gasteiger partial charge is 0.455 e. The number of benzene rings is 8. The predicted molar refractivity (Wildman–Crippen MR) is 221 cm³/mol. The van der Waals surface area contributed by atoms with Crippen molar-refractivity contribution < 1.29 is 13.3 Å². The molecule has 0 unspecified atom stereocenters. The standard InChI is InChI=1S/C49H27N3O3/c1-2-13-28(14-3-1)30-19-10-15-29-27-38(43-35-18-6-9-26-41(35)55-46(43)42(29)30)49-51-47(36-22-11-20-33-31-16-4-7-24-39(31)53-44(33)36)50-48(52-49)37-23-12-21-34-32-17-5-8-25-40(32)54-45(34)37/h1-27H. The maximum atomic E-state index is 6.80. The summed E-state index contributed by atoms with van der Waals surface area (Å²) in [6.45, 7) is 0. The van der Waals surface area contributed by atoms with Crippen LogP contribution in [0, 0.1) is 0 Å². The van der Waals surface area contributed by atoms with Gasteiger partial charge < -0.3 is 13.3 Å². The zero-order valence-corrected chi connectivity index (χ0v) is 29.2. The Kier molecular flexibility index (Phi) is 6.24. The first-order chi connectivity index (χ1) is 27.3. The molecule has 256 valence electrons. The van der Waals surface area contributed by atoms with Crippen LogP contribution in [0.5, 0.6) is 0 Å². The number of nitrogens with zero attached hydrogens (tertiary/aromatic N) is 3. The fourth-order valence-electron chi connectivity index (χ4n) is 8.28. The maximum absolute atomic E-state index is 6.80. The molecule has 0 aliphatic carbocycles. The number of fused-ring (bicyclic) bond motifs is 11. The first kappa shape index (κ1) is 29.9. The Hall–Kier alpha value is -7.57. The lowest BCUT2D eigenvalue weighted by Crippen LogP contribution is -2.01. The molecule has 0 atom stereocenters. The molecule has 6 nitrogen and oxygen atoms in total. The van der Waals surface area contributed by atoms with Crippen LogP contribution in [-0.4, -0.2) is 15.0 Å². The van der Waals surface area contributed by atoms with Gasteiger partial charge in [-0.15, -0.1) is 0 Å². The second-order valence-corrected chi connectivity index (χ2v) is 13.9. The Morgan fingerprint density at radius 1 is 0.309 bits per heavy atom. The van der Waals surface area contributed by atoms with Crippen LogP contribution in [0.1, 0.15) is 0 Å². The first-order valence-corrected chi connectivity index (χ1v) is 18.3. The third kappa shape index (κ3) is 4.46. The lowest BCUT2D eigenvalue weighted by atomic mass is 9.93. The normalized spacial score (nSPS) is 12.0. The molecule has 0 amide bonds. The van der Waals surface area contributed by atoms with E-state index in [1.165, 1.54) is 0 Å². The van der Waals surface area contributed by atoms with E-state index < -0.39 is 0 Å². The smallest absolute Gasteiger partial charge is 0.167 e. The molecule has 0 aliphatic rings. The molecule has 6 heteroatoms. The van der Waals surface area contributed by atoms with Crippen molar-refractivity contribution in [3.63, 3.8) is 0 Å². The molecule has 0 radical (unpaired) electrons. The summed E-state index contributed by atoms with van der Waals surface area (Å²) in [6, 6.07) is 55.6. The Morgan fingerprint density at radius 3 is 1.38 bits per heavy atom. The SMILES string of the molecule is c1ccc(-c2cccc3cc(-c4nc(-c5cccc6c5oc5ccccc56)nc(-c5cccc6c5oc5ccccc56)n4)c4c5ccccc5oc4c23)cc1. The van der Waals surface area contributed by atoms with Gasteiger partial charge in [0, 0.05) is 43.3 Å². The van der Waals surface area contributed by atoms with E-state index in [9.17, 15) is 0 Å². The van der Waals surface area contributed by atoms with Crippen molar-refractivity contribution in [2.75, 3.05) is 0 Å². The fraction of sp³-hybridized carbons (Fsp3) is 0. The van der Waals surface area contributed by atoms with E-state index in [1.807, 2.05) is 84.9 Å². The zero-order valence-electron chi connectivity index (χ0n) is 29.2. The van der Waals surface area contributed by atoms with Crippen molar-refractivity contribution in [3.8, 4) is 45.3 Å². The molecule has 4 aromatic heterocycles. The van der Waals surface area contributed by atoms with Crippen LogP contribution in [0.25, 0.3) is 122 Å². The zero-order chi connectivity index (χ0) is 36.0. The van der Waals surface area contributed by atoms with Crippen LogP contribution in [-0.2, 0) is 0 Å². The van der Waals surface area contributed by atoms with Gasteiger partial charge in [-0.25, -0.2) is 15.0 Å². The third-order valence-electron chi connectivity index (χ3n) is 10.7. The van der Waals surface area contributed by atoms with Crippen LogP contribution >= 0.6 is 0 Å². The lowest BCUT2D eigenvalue weighted by Gasteiger charge is -2.13. The third-order valence-corrected chi connectivity index (χ3v) is 10.7. The highest BCUT2D eigenvalue weighted by molar-refractivity contribution is 6.24. The number of hydrogen-bond acceptors (Lipinski definition) is 6. The Morgan fingerprint density at radius 2 is 0.764 bits per heavy atom. The summed E-state index contributed by atoms with van der Waals surface area (Å²) in [5.74, 6) is 1.51. The molecule has 0 bridgehead atoms. The van der Waals surface area contributed by atoms with E-state index in [4.69, 9.17) is 28.2 Å². The van der Waals surface area contributed by atoms with Gasteiger partial charge >= 0.3 is 0 Å². The average Bonchev–Trinajstić information content (AvgIpc) is 3.95. The number of rotatable bonds is 4. The van der Waals surface area contributed by atoms with E-state index >= 15 is 0 Å². The van der Waals surface area contributed by atoms with Crippen molar-refractivity contribution in [2.24, 2.45) is 0 Å². The summed E-state index contributed by atoms with van der Waals surface area (Å²) in [7, 11) is 0. The van der Waals surface area contributed by atoms with Crippen molar-refractivity contribution in [3.05, 3.63) is 164 Å². The van der Waals surface area contributed by atoms with Crippen LogP contribution < -0.4 is 0 Å². The summed E-state index contributed by atoms with van der Waals surface area (Å²) in [4.78, 5) is 15.8. The summed E-state index contributed by atoms with van der Waals surface area (Å²) in [6.07, 6.45) is 0. The van der Waals surface area contributed by atoms with Crippen LogP contribution in [0.2, 0.25) is 0 Å². The minimum absolute atomic E-state index is 0.497. The maximum Gasteiger partial charge on any atom is 0.167 e. The van der Waals surface area contributed by atoms with E-state index in [1.54, 1.807) is 0 Å². The number of hydrogen-bond donors (Lipinski definition) is 0. The minimum Gasteiger partial charge on any atom is -0.455 e. The van der Waals surface area contributed by atoms with Crippen molar-refractivity contribution in [1.29, 1.82) is 0 Å². The topological polar surface area (TPSA) is 78.1 Å². The average molecular weight is 706 g/mol. The molecule has 55 heavy (non-hydrogen) atoms. The van der Waals surface area contributed by atoms with Gasteiger partial charge in [0.05, 0.1) is 11.1 Å². The van der Waals surface area contributed by atoms with Gasteiger partial charge in [-0.2, -0.15) is 0 Å². The lowest BCUT2D eigenvalue weighted by molar-refractivity contribution is 0.669. The number of para-hydroxylation sites is 5. The second kappa shape index (κ2) is 11.5. The Bertz CT molecular complexity index is 3370. The second-order valence-electron chi connectivity index (χ2n) is 13.9. The first-order valence-electron chi connectivity index (χ1n) is 18.3. The van der Waals surface area contributed by atoms with Crippen LogP contribution in [0.3, 0.4) is 0 Å². The van der Waals surface area contributed by atoms with Gasteiger partial charge in [0.2, 0.25) is 0 Å². The Balaban J connectivity index is 1.20. The van der Waals surface area contributed by atoms with E-state index in [2.05, 4.69) is 78.9 Å². The molecular weight excluding hydrogens is 679 g/mol. The van der Waals surface area contributed by atoms with Gasteiger partial charge in [-0.1, -0.05) is 127 Å². The molecule has 0 spiro atoms. The summed E-state index contributed by atoms with van der Waals surface area (Å²) in [5.41, 5.74) is 9.24. The molecule has 0 saturated carbocycles. The van der Waals surface area contributed by atoms with Crippen LogP contribution in [0.4, 0.5) is 0 Å². The van der Waals surface area contributed by atoms with E-state index in [-0.39, 0.29) is 0 Å². The van der Waals surface area contributed by atoms with Crippen molar-refractivity contribution in [2.45, 2.75) is 0 Å². The van der Waals surface area contributed by atoms with Gasteiger partial charge in [0.25, 0.3) is 0 Å². The van der Waals surface area contributed by atoms with Crippen molar-refractivity contribution in [1.82, 2.24) is 15.0 Å². The van der Waals surface area contributed by atoms with Gasteiger partial charge in [0.15, 0.2) is 17.5 Å². The van der Waals surface area contributed by atoms with E-state index in [0.29, 0.717) is 17.5 Å². The highest BCUT2D eigenvalue weighted by Crippen LogP contribution is 2.45. The molecule has 0 N–H and O–H groups in total. The summed E-state index contributed by atoms with van der Waals surface area (Å²) < 4.78 is 19.9. The number of aromatic nitrogens is 3. The molecular formula is C49H27N3O3. The molecule has 0 fully saturated rings. The molecule has 8 aromatic carbocycles. The molecule has 12 aromatic rings. The quantitative estimate of drug-likeness (QED) is 0.181. The fourth-order valence-corrected chi connectivity index (χ4v) is 8.28. The highest BCUT2D eigenvalue weighted by atomic mass is 16.3. The molecule has 4 heterocycles. The predicted octanol–water partition coefficient (Wildman–Crippen LogP) is 13.4. The number of furan rings is 3. The molecule has 0 aliphatic heterocycles. The van der Waals surface area contributed by atoms with Gasteiger partial charge in [-0.3, -0.25) is 0 Å².